The molecule has 1 amide bonds. The number of hydrogen-bond acceptors (Lipinski definition) is 5. The molecule has 0 aliphatic rings. The van der Waals surface area contributed by atoms with Crippen LogP contribution in [0.1, 0.15) is 5.56 Å². The molecule has 0 saturated carbocycles. The second-order valence-electron chi connectivity index (χ2n) is 6.42. The molecule has 2 aromatic carbocycles. The number of carbonyl (C=O) groups excluding carboxylic acids is 1. The molecular formula is C20H16FN3O4S. The normalized spacial score (nSPS) is 11.6. The maximum atomic E-state index is 14.0. The lowest BCUT2D eigenvalue weighted by Crippen LogP contribution is -2.18. The van der Waals surface area contributed by atoms with Gasteiger partial charge in [-0.15, -0.1) is 0 Å². The van der Waals surface area contributed by atoms with Gasteiger partial charge in [-0.2, -0.15) is 0 Å². The van der Waals surface area contributed by atoms with Crippen LogP contribution in [0.25, 0.3) is 10.9 Å². The Kier molecular flexibility index (Phi) is 4.89. The third kappa shape index (κ3) is 3.90. The van der Waals surface area contributed by atoms with E-state index in [-0.39, 0.29) is 22.8 Å². The van der Waals surface area contributed by atoms with Gasteiger partial charge >= 0.3 is 0 Å². The lowest BCUT2D eigenvalue weighted by Gasteiger charge is -2.05. The summed E-state index contributed by atoms with van der Waals surface area (Å²) in [7, 11) is -3.85. The average molecular weight is 413 g/mol. The zero-order valence-electron chi connectivity index (χ0n) is 15.1. The van der Waals surface area contributed by atoms with E-state index in [1.54, 1.807) is 34.9 Å². The molecule has 2 heterocycles. The molecule has 0 spiro atoms. The van der Waals surface area contributed by atoms with Crippen LogP contribution < -0.4 is 5.32 Å². The number of halogens is 1. The van der Waals surface area contributed by atoms with E-state index in [1.165, 1.54) is 36.7 Å². The van der Waals surface area contributed by atoms with Gasteiger partial charge < -0.3 is 14.4 Å². The molecule has 148 valence electrons. The predicted octanol–water partition coefficient (Wildman–Crippen LogP) is 3.38. The van der Waals surface area contributed by atoms with Crippen LogP contribution in [0.5, 0.6) is 0 Å². The number of nitrogens with zero attached hydrogens (tertiary/aromatic N) is 2. The molecule has 0 bridgehead atoms. The van der Waals surface area contributed by atoms with Crippen molar-refractivity contribution in [1.82, 2.24) is 9.72 Å². The van der Waals surface area contributed by atoms with Crippen molar-refractivity contribution in [2.75, 3.05) is 5.32 Å². The smallest absolute Gasteiger partial charge is 0.245 e. The van der Waals surface area contributed by atoms with E-state index in [1.807, 2.05) is 0 Å². The lowest BCUT2D eigenvalue weighted by molar-refractivity contribution is -0.116. The van der Waals surface area contributed by atoms with Crippen LogP contribution in [0.15, 0.2) is 76.5 Å². The molecule has 0 unspecified atom stereocenters. The van der Waals surface area contributed by atoms with E-state index in [4.69, 9.17) is 0 Å². The Morgan fingerprint density at radius 1 is 1.10 bits per heavy atom. The third-order valence-corrected chi connectivity index (χ3v) is 6.10. The summed E-state index contributed by atoms with van der Waals surface area (Å²) in [6.45, 7) is -0.122. The maximum Gasteiger partial charge on any atom is 0.245 e. The van der Waals surface area contributed by atoms with Crippen molar-refractivity contribution in [3.05, 3.63) is 78.4 Å². The minimum Gasteiger partial charge on any atom is -0.363 e. The molecular weight excluding hydrogens is 397 g/mol. The van der Waals surface area contributed by atoms with Crippen LogP contribution in [0, 0.1) is 5.82 Å². The van der Waals surface area contributed by atoms with Gasteiger partial charge in [0.2, 0.25) is 5.91 Å². The van der Waals surface area contributed by atoms with Gasteiger partial charge in [-0.25, -0.2) is 12.8 Å². The highest BCUT2D eigenvalue weighted by atomic mass is 32.2. The summed E-state index contributed by atoms with van der Waals surface area (Å²) in [6, 6.07) is 14.1. The molecule has 0 aliphatic heterocycles. The number of amides is 1. The number of aromatic nitrogens is 2. The van der Waals surface area contributed by atoms with Crippen molar-refractivity contribution in [2.24, 2.45) is 0 Å². The minimum atomic E-state index is -3.85. The first-order chi connectivity index (χ1) is 13.9. The molecule has 9 heteroatoms. The number of hydrogen-bond donors (Lipinski definition) is 1. The van der Waals surface area contributed by atoms with Crippen molar-refractivity contribution in [3.8, 4) is 0 Å². The highest BCUT2D eigenvalue weighted by molar-refractivity contribution is 7.90. The zero-order valence-corrected chi connectivity index (χ0v) is 15.9. The molecule has 7 nitrogen and oxygen atoms in total. The van der Waals surface area contributed by atoms with E-state index >= 15 is 0 Å². The highest BCUT2D eigenvalue weighted by Crippen LogP contribution is 2.28. The summed E-state index contributed by atoms with van der Waals surface area (Å²) in [5.74, 6) is -1.18. The molecule has 0 radical (unpaired) electrons. The van der Waals surface area contributed by atoms with Gasteiger partial charge in [0, 0.05) is 28.7 Å². The number of nitrogens with one attached hydrogen (secondary N) is 1. The topological polar surface area (TPSA) is 94.2 Å². The van der Waals surface area contributed by atoms with Gasteiger partial charge in [0.05, 0.1) is 10.6 Å². The monoisotopic (exact) mass is 413 g/mol. The Morgan fingerprint density at radius 2 is 1.86 bits per heavy atom. The number of fused-ring (bicyclic) bond motifs is 1. The molecule has 4 rings (SSSR count). The molecule has 0 aliphatic carbocycles. The highest BCUT2D eigenvalue weighted by Gasteiger charge is 2.23. The van der Waals surface area contributed by atoms with Crippen molar-refractivity contribution in [1.29, 1.82) is 0 Å². The molecule has 2 aromatic heterocycles. The Hall–Kier alpha value is -3.46. The Labute approximate surface area is 165 Å². The van der Waals surface area contributed by atoms with Crippen LogP contribution in [0.2, 0.25) is 0 Å². The quantitative estimate of drug-likeness (QED) is 0.523. The summed E-state index contributed by atoms with van der Waals surface area (Å²) < 4.78 is 46.2. The fraction of sp³-hybridized carbons (Fsp3) is 0.100. The SMILES string of the molecule is O=C(Cn1cc(S(=O)(=O)Cc2ccccc2F)c2ccccc21)Nc1ccon1. The molecule has 29 heavy (non-hydrogen) atoms. The van der Waals surface area contributed by atoms with Crippen LogP contribution >= 0.6 is 0 Å². The van der Waals surface area contributed by atoms with Gasteiger partial charge in [0.25, 0.3) is 0 Å². The number of anilines is 1. The molecule has 0 atom stereocenters. The summed E-state index contributed by atoms with van der Waals surface area (Å²) in [5, 5.41) is 6.65. The number of rotatable bonds is 6. The van der Waals surface area contributed by atoms with Crippen molar-refractivity contribution >= 4 is 32.5 Å². The summed E-state index contributed by atoms with van der Waals surface area (Å²) in [5.41, 5.74) is 0.669. The van der Waals surface area contributed by atoms with Crippen LogP contribution in [0.4, 0.5) is 10.2 Å². The van der Waals surface area contributed by atoms with Crippen LogP contribution in [-0.4, -0.2) is 24.0 Å². The first-order valence-electron chi connectivity index (χ1n) is 8.68. The predicted molar refractivity (Wildman–Crippen MR) is 104 cm³/mol. The van der Waals surface area contributed by atoms with Crippen LogP contribution in [-0.2, 0) is 26.9 Å². The first-order valence-corrected chi connectivity index (χ1v) is 10.3. The number of para-hydroxylation sites is 1. The van der Waals surface area contributed by atoms with E-state index < -0.39 is 27.3 Å². The largest absolute Gasteiger partial charge is 0.363 e. The first kappa shape index (κ1) is 18.9. The number of sulfone groups is 1. The van der Waals surface area contributed by atoms with Crippen molar-refractivity contribution < 1.29 is 22.1 Å². The summed E-state index contributed by atoms with van der Waals surface area (Å²) >= 11 is 0. The van der Waals surface area contributed by atoms with E-state index in [2.05, 4.69) is 15.0 Å². The average Bonchev–Trinajstić information content (AvgIpc) is 3.32. The Bertz CT molecular complexity index is 1280. The summed E-state index contributed by atoms with van der Waals surface area (Å²) in [6.07, 6.45) is 2.73. The fourth-order valence-corrected chi connectivity index (χ4v) is 4.70. The van der Waals surface area contributed by atoms with Gasteiger partial charge in [-0.1, -0.05) is 41.6 Å². The molecule has 0 fully saturated rings. The Morgan fingerprint density at radius 3 is 2.62 bits per heavy atom. The van der Waals surface area contributed by atoms with E-state index in [0.29, 0.717) is 10.9 Å². The number of benzene rings is 2. The Balaban J connectivity index is 1.68. The molecule has 4 aromatic rings. The minimum absolute atomic E-state index is 0.0468. The molecule has 0 saturated heterocycles. The second-order valence-corrected chi connectivity index (χ2v) is 8.38. The van der Waals surface area contributed by atoms with Gasteiger partial charge in [0.1, 0.15) is 18.6 Å². The van der Waals surface area contributed by atoms with Crippen molar-refractivity contribution in [2.45, 2.75) is 17.2 Å². The van der Waals surface area contributed by atoms with Gasteiger partial charge in [-0.3, -0.25) is 4.79 Å². The third-order valence-electron chi connectivity index (χ3n) is 4.41. The molecule has 1 N–H and O–H groups in total. The fourth-order valence-electron chi connectivity index (χ4n) is 3.10. The van der Waals surface area contributed by atoms with Gasteiger partial charge in [-0.05, 0) is 12.1 Å². The second kappa shape index (κ2) is 7.51. The van der Waals surface area contributed by atoms with E-state index in [0.717, 1.165) is 0 Å². The lowest BCUT2D eigenvalue weighted by atomic mass is 10.2. The van der Waals surface area contributed by atoms with Gasteiger partial charge in [0.15, 0.2) is 15.7 Å². The standard InChI is InChI=1S/C20H16FN3O4S/c21-16-7-3-1-5-14(16)13-29(26,27)18-11-24(17-8-4-2-6-15(17)18)12-20(25)22-19-9-10-28-23-19/h1-11H,12-13H2,(H,22,23,25). The van der Waals surface area contributed by atoms with Crippen LogP contribution in [0.3, 0.4) is 0 Å². The zero-order chi connectivity index (χ0) is 20.4. The van der Waals surface area contributed by atoms with Crippen molar-refractivity contribution in [3.63, 3.8) is 0 Å². The number of carbonyl (C=O) groups is 1. The maximum absolute atomic E-state index is 14.0. The van der Waals surface area contributed by atoms with E-state index in [9.17, 15) is 17.6 Å². The summed E-state index contributed by atoms with van der Waals surface area (Å²) in [4.78, 5) is 12.4.